The van der Waals surface area contributed by atoms with E-state index in [0.29, 0.717) is 17.8 Å². The number of amidine groups is 1. The first-order chi connectivity index (χ1) is 9.33. The van der Waals surface area contributed by atoms with Crippen molar-refractivity contribution in [1.82, 2.24) is 10.2 Å². The van der Waals surface area contributed by atoms with E-state index in [9.17, 15) is 4.79 Å². The van der Waals surface area contributed by atoms with Gasteiger partial charge < -0.3 is 10.2 Å². The minimum Gasteiger partial charge on any atom is -0.360 e. The molecule has 0 bridgehead atoms. The van der Waals surface area contributed by atoms with Gasteiger partial charge in [0, 0.05) is 13.1 Å². The summed E-state index contributed by atoms with van der Waals surface area (Å²) in [4.78, 5) is 18.8. The van der Waals surface area contributed by atoms with Crippen LogP contribution in [0.4, 0.5) is 0 Å². The van der Waals surface area contributed by atoms with E-state index in [4.69, 9.17) is 4.99 Å². The lowest BCUT2D eigenvalue weighted by Gasteiger charge is -2.26. The highest BCUT2D eigenvalue weighted by atomic mass is 32.2. The Morgan fingerprint density at radius 2 is 2.00 bits per heavy atom. The summed E-state index contributed by atoms with van der Waals surface area (Å²) in [5.41, 5.74) is 0. The van der Waals surface area contributed by atoms with Crippen LogP contribution in [0.3, 0.4) is 0 Å². The number of amides is 1. The number of nitrogens with zero attached hydrogens (tertiary/aromatic N) is 2. The van der Waals surface area contributed by atoms with Crippen molar-refractivity contribution in [3.63, 3.8) is 0 Å². The smallest absolute Gasteiger partial charge is 0.233 e. The fourth-order valence-corrected chi connectivity index (χ4v) is 4.11. The molecule has 3 rings (SSSR count). The van der Waals surface area contributed by atoms with Gasteiger partial charge in [0.1, 0.15) is 0 Å². The van der Waals surface area contributed by atoms with Gasteiger partial charge >= 0.3 is 0 Å². The molecule has 1 saturated heterocycles. The minimum atomic E-state index is 0.282. The number of fused-ring (bicyclic) bond motifs is 1. The van der Waals surface area contributed by atoms with E-state index in [1.54, 1.807) is 11.8 Å². The zero-order chi connectivity index (χ0) is 13.1. The van der Waals surface area contributed by atoms with Crippen molar-refractivity contribution in [2.45, 2.75) is 57.0 Å². The van der Waals surface area contributed by atoms with E-state index in [-0.39, 0.29) is 5.91 Å². The highest BCUT2D eigenvalue weighted by Gasteiger charge is 2.31. The summed E-state index contributed by atoms with van der Waals surface area (Å²) in [6.45, 7) is 1.90. The highest BCUT2D eigenvalue weighted by molar-refractivity contribution is 8.14. The van der Waals surface area contributed by atoms with Crippen LogP contribution in [0.2, 0.25) is 0 Å². The maximum atomic E-state index is 12.1. The van der Waals surface area contributed by atoms with Crippen LogP contribution in [0.1, 0.15) is 44.9 Å². The lowest BCUT2D eigenvalue weighted by molar-refractivity contribution is -0.129. The predicted molar refractivity (Wildman–Crippen MR) is 79.5 cm³/mol. The van der Waals surface area contributed by atoms with Crippen LogP contribution in [-0.4, -0.2) is 46.9 Å². The molecule has 4 nitrogen and oxygen atoms in total. The Balaban J connectivity index is 1.45. The van der Waals surface area contributed by atoms with E-state index < -0.39 is 0 Å². The van der Waals surface area contributed by atoms with E-state index in [1.165, 1.54) is 44.9 Å². The topological polar surface area (TPSA) is 44.7 Å². The van der Waals surface area contributed by atoms with Gasteiger partial charge in [0.25, 0.3) is 0 Å². The molecule has 1 amide bonds. The van der Waals surface area contributed by atoms with E-state index in [1.807, 2.05) is 4.90 Å². The van der Waals surface area contributed by atoms with E-state index >= 15 is 0 Å². The summed E-state index contributed by atoms with van der Waals surface area (Å²) in [6, 6.07) is 1.02. The van der Waals surface area contributed by atoms with Crippen molar-refractivity contribution >= 4 is 22.8 Å². The third-order valence-electron chi connectivity index (χ3n) is 4.36. The largest absolute Gasteiger partial charge is 0.360 e. The molecule has 2 fully saturated rings. The fraction of sp³-hybridized carbons (Fsp3) is 0.857. The molecule has 106 valence electrons. The number of aliphatic imine (C=N–C) groups is 1. The number of likely N-dealkylation sites (tertiary alicyclic amines) is 1. The normalized spacial score (nSPS) is 30.5. The van der Waals surface area contributed by atoms with Crippen molar-refractivity contribution in [3.8, 4) is 0 Å². The summed E-state index contributed by atoms with van der Waals surface area (Å²) < 4.78 is 0. The van der Waals surface area contributed by atoms with Gasteiger partial charge in [0.05, 0.1) is 17.8 Å². The first-order valence-electron chi connectivity index (χ1n) is 7.58. The number of rotatable bonds is 2. The van der Waals surface area contributed by atoms with Crippen LogP contribution >= 0.6 is 11.8 Å². The van der Waals surface area contributed by atoms with Gasteiger partial charge in [-0.1, -0.05) is 24.6 Å². The molecule has 0 aromatic rings. The number of carbonyl (C=O) groups is 1. The third-order valence-corrected chi connectivity index (χ3v) is 5.25. The molecule has 1 saturated carbocycles. The molecule has 1 aliphatic carbocycles. The predicted octanol–water partition coefficient (Wildman–Crippen LogP) is 2.00. The maximum absolute atomic E-state index is 12.1. The van der Waals surface area contributed by atoms with Crippen molar-refractivity contribution in [2.24, 2.45) is 4.99 Å². The Bertz CT molecular complexity index is 366. The van der Waals surface area contributed by atoms with Crippen LogP contribution in [-0.2, 0) is 4.79 Å². The first-order valence-corrected chi connectivity index (χ1v) is 8.56. The van der Waals surface area contributed by atoms with Gasteiger partial charge in [0.2, 0.25) is 5.91 Å². The van der Waals surface area contributed by atoms with Gasteiger partial charge in [0.15, 0.2) is 5.17 Å². The molecule has 0 aromatic carbocycles. The second-order valence-electron chi connectivity index (χ2n) is 5.77. The number of piperidine rings is 1. The summed E-state index contributed by atoms with van der Waals surface area (Å²) in [5, 5.41) is 4.50. The third kappa shape index (κ3) is 3.25. The Morgan fingerprint density at radius 1 is 1.21 bits per heavy atom. The number of nitrogens with one attached hydrogen (secondary N) is 1. The van der Waals surface area contributed by atoms with Gasteiger partial charge in [-0.2, -0.15) is 0 Å². The van der Waals surface area contributed by atoms with Crippen molar-refractivity contribution in [3.05, 3.63) is 0 Å². The quantitative estimate of drug-likeness (QED) is 0.842. The molecule has 5 heteroatoms. The second kappa shape index (κ2) is 6.16. The van der Waals surface area contributed by atoms with Crippen molar-refractivity contribution in [1.29, 1.82) is 0 Å². The molecule has 0 aromatic heterocycles. The van der Waals surface area contributed by atoms with Gasteiger partial charge in [-0.3, -0.25) is 9.79 Å². The standard InChI is InChI=1S/C14H23N3OS/c18-13(17-8-4-1-5-9-17)10-19-14-15-11-6-2-3-7-12(11)16-14/h11-12H,1-10H2,(H,15,16)/t11-,12+. The second-order valence-corrected chi connectivity index (χ2v) is 6.73. The van der Waals surface area contributed by atoms with Crippen LogP contribution < -0.4 is 5.32 Å². The van der Waals surface area contributed by atoms with Gasteiger partial charge in [-0.25, -0.2) is 0 Å². The summed E-state index contributed by atoms with van der Waals surface area (Å²) in [7, 11) is 0. The molecule has 2 aliphatic heterocycles. The molecule has 0 radical (unpaired) electrons. The number of hydrogen-bond acceptors (Lipinski definition) is 4. The summed E-state index contributed by atoms with van der Waals surface area (Å²) in [6.07, 6.45) is 8.67. The average molecular weight is 281 g/mol. The highest BCUT2D eigenvalue weighted by Crippen LogP contribution is 2.27. The van der Waals surface area contributed by atoms with E-state index in [0.717, 1.165) is 18.3 Å². The first kappa shape index (κ1) is 13.3. The van der Waals surface area contributed by atoms with Crippen molar-refractivity contribution < 1.29 is 4.79 Å². The van der Waals surface area contributed by atoms with Crippen LogP contribution in [0.15, 0.2) is 4.99 Å². The molecule has 2 heterocycles. The molecular formula is C14H23N3OS. The summed E-state index contributed by atoms with van der Waals surface area (Å²) >= 11 is 1.60. The number of carbonyl (C=O) groups excluding carboxylic acids is 1. The maximum Gasteiger partial charge on any atom is 0.233 e. The SMILES string of the molecule is O=C(CSC1=N[C@H]2CCCC[C@H]2N1)N1CCCCC1. The summed E-state index contributed by atoms with van der Waals surface area (Å²) in [5.74, 6) is 0.828. The zero-order valence-electron chi connectivity index (χ0n) is 11.4. The minimum absolute atomic E-state index is 0.282. The number of hydrogen-bond donors (Lipinski definition) is 1. The molecule has 0 unspecified atom stereocenters. The molecule has 1 N–H and O–H groups in total. The molecular weight excluding hydrogens is 258 g/mol. The Labute approximate surface area is 119 Å². The Hall–Kier alpha value is -0.710. The lowest BCUT2D eigenvalue weighted by Crippen LogP contribution is -2.38. The Morgan fingerprint density at radius 3 is 2.79 bits per heavy atom. The van der Waals surface area contributed by atoms with Crippen LogP contribution in [0, 0.1) is 0 Å². The molecule has 3 aliphatic rings. The fourth-order valence-electron chi connectivity index (χ4n) is 3.22. The van der Waals surface area contributed by atoms with Gasteiger partial charge in [-0.15, -0.1) is 0 Å². The molecule has 2 atom stereocenters. The van der Waals surface area contributed by atoms with Crippen molar-refractivity contribution in [2.75, 3.05) is 18.8 Å². The van der Waals surface area contributed by atoms with Crippen LogP contribution in [0.25, 0.3) is 0 Å². The van der Waals surface area contributed by atoms with Gasteiger partial charge in [-0.05, 0) is 32.1 Å². The zero-order valence-corrected chi connectivity index (χ0v) is 12.3. The molecule has 19 heavy (non-hydrogen) atoms. The van der Waals surface area contributed by atoms with E-state index in [2.05, 4.69) is 5.32 Å². The van der Waals surface area contributed by atoms with Crippen LogP contribution in [0.5, 0.6) is 0 Å². The average Bonchev–Trinajstić information content (AvgIpc) is 2.88. The molecule has 0 spiro atoms. The monoisotopic (exact) mass is 281 g/mol. The Kier molecular flexibility index (Phi) is 4.31. The number of thioether (sulfide) groups is 1. The lowest BCUT2D eigenvalue weighted by atomic mass is 9.92.